The van der Waals surface area contributed by atoms with Crippen LogP contribution in [0.15, 0.2) is 42.5 Å². The molecule has 0 aromatic heterocycles. The Balaban J connectivity index is 2.05. The van der Waals surface area contributed by atoms with Crippen LogP contribution in [0.3, 0.4) is 0 Å². The number of nitrogens with one attached hydrogen (secondary N) is 3. The molecule has 0 atom stereocenters. The van der Waals surface area contributed by atoms with E-state index < -0.39 is 5.91 Å². The van der Waals surface area contributed by atoms with E-state index in [-0.39, 0.29) is 11.0 Å². The molecule has 0 fully saturated rings. The Kier molecular flexibility index (Phi) is 8.89. The van der Waals surface area contributed by atoms with Gasteiger partial charge in [-0.1, -0.05) is 37.6 Å². The van der Waals surface area contributed by atoms with E-state index in [1.807, 2.05) is 13.8 Å². The molecule has 2 rings (SSSR count). The van der Waals surface area contributed by atoms with Crippen molar-refractivity contribution in [2.45, 2.75) is 33.1 Å². The largest absolute Gasteiger partial charge is 0.493 e. The van der Waals surface area contributed by atoms with Crippen LogP contribution in [0, 0.1) is 0 Å². The van der Waals surface area contributed by atoms with Gasteiger partial charge in [-0.05, 0) is 55.4 Å². The Hall–Kier alpha value is -2.64. The molecule has 0 bridgehead atoms. The second-order valence-corrected chi connectivity index (χ2v) is 7.06. The highest BCUT2D eigenvalue weighted by Crippen LogP contribution is 2.26. The molecular weight excluding hydrogens is 410 g/mol. The molecule has 0 unspecified atom stereocenters. The van der Waals surface area contributed by atoms with E-state index in [4.69, 9.17) is 28.6 Å². The van der Waals surface area contributed by atoms with Crippen molar-refractivity contribution >= 4 is 52.1 Å². The van der Waals surface area contributed by atoms with Gasteiger partial charge in [-0.3, -0.25) is 14.9 Å². The molecular formula is C21H24ClN3O3S. The number of amides is 2. The number of anilines is 2. The summed E-state index contributed by atoms with van der Waals surface area (Å²) in [5.41, 5.74) is 1.45. The molecule has 2 aromatic rings. The highest BCUT2D eigenvalue weighted by molar-refractivity contribution is 7.80. The van der Waals surface area contributed by atoms with Crippen LogP contribution in [0.5, 0.6) is 5.75 Å². The van der Waals surface area contributed by atoms with Crippen LogP contribution in [-0.2, 0) is 4.79 Å². The zero-order valence-corrected chi connectivity index (χ0v) is 18.0. The van der Waals surface area contributed by atoms with Gasteiger partial charge in [-0.25, -0.2) is 0 Å². The van der Waals surface area contributed by atoms with Crippen LogP contribution >= 0.6 is 23.8 Å². The van der Waals surface area contributed by atoms with E-state index in [9.17, 15) is 9.59 Å². The van der Waals surface area contributed by atoms with Crippen LogP contribution in [0.1, 0.15) is 43.5 Å². The Bertz CT molecular complexity index is 889. The van der Waals surface area contributed by atoms with Crippen molar-refractivity contribution in [3.05, 3.63) is 53.1 Å². The molecule has 3 N–H and O–H groups in total. The van der Waals surface area contributed by atoms with Crippen LogP contribution in [0.4, 0.5) is 11.4 Å². The van der Waals surface area contributed by atoms with E-state index in [0.717, 1.165) is 12.8 Å². The third-order valence-corrected chi connectivity index (χ3v) is 4.33. The maximum atomic E-state index is 12.6. The van der Waals surface area contributed by atoms with Crippen LogP contribution in [0.25, 0.3) is 0 Å². The van der Waals surface area contributed by atoms with Gasteiger partial charge < -0.3 is 15.4 Å². The highest BCUT2D eigenvalue weighted by Gasteiger charge is 2.14. The summed E-state index contributed by atoms with van der Waals surface area (Å²) in [6.07, 6.45) is 2.02. The Labute approximate surface area is 181 Å². The molecule has 2 amide bonds. The molecule has 0 saturated heterocycles. The standard InChI is InChI=1S/C21H24ClN3O3S/c1-3-7-19(26)23-14-10-11-16(22)17(13-14)24-21(29)25-20(27)15-8-5-6-9-18(15)28-12-4-2/h5-6,8-11,13H,3-4,7,12H2,1-2H3,(H,23,26)(H2,24,25,27,29). The number of halogens is 1. The zero-order valence-electron chi connectivity index (χ0n) is 16.4. The zero-order chi connectivity index (χ0) is 21.2. The van der Waals surface area contributed by atoms with Crippen molar-refractivity contribution in [2.75, 3.05) is 17.2 Å². The Morgan fingerprint density at radius 2 is 1.83 bits per heavy atom. The molecule has 29 heavy (non-hydrogen) atoms. The molecule has 8 heteroatoms. The van der Waals surface area contributed by atoms with Crippen molar-refractivity contribution in [1.82, 2.24) is 5.32 Å². The van der Waals surface area contributed by atoms with Gasteiger partial charge in [0.1, 0.15) is 5.75 Å². The second-order valence-electron chi connectivity index (χ2n) is 6.25. The van der Waals surface area contributed by atoms with Crippen LogP contribution in [0.2, 0.25) is 5.02 Å². The van der Waals surface area contributed by atoms with E-state index in [1.165, 1.54) is 0 Å². The van der Waals surface area contributed by atoms with Gasteiger partial charge in [0.2, 0.25) is 5.91 Å². The number of benzene rings is 2. The van der Waals surface area contributed by atoms with Gasteiger partial charge in [0, 0.05) is 12.1 Å². The average molecular weight is 434 g/mol. The number of hydrogen-bond donors (Lipinski definition) is 3. The molecule has 0 spiro atoms. The molecule has 2 aromatic carbocycles. The fraction of sp³-hybridized carbons (Fsp3) is 0.286. The van der Waals surface area contributed by atoms with Crippen LogP contribution < -0.4 is 20.7 Å². The van der Waals surface area contributed by atoms with Crippen molar-refractivity contribution in [3.63, 3.8) is 0 Å². The number of thiocarbonyl (C=S) groups is 1. The first kappa shape index (κ1) is 22.6. The first-order chi connectivity index (χ1) is 13.9. The highest BCUT2D eigenvalue weighted by atomic mass is 35.5. The number of carbonyl (C=O) groups is 2. The minimum atomic E-state index is -0.391. The molecule has 154 valence electrons. The van der Waals surface area contributed by atoms with Gasteiger partial charge in [-0.15, -0.1) is 0 Å². The van der Waals surface area contributed by atoms with E-state index in [2.05, 4.69) is 16.0 Å². The summed E-state index contributed by atoms with van der Waals surface area (Å²) >= 11 is 11.5. The van der Waals surface area contributed by atoms with Crippen molar-refractivity contribution in [1.29, 1.82) is 0 Å². The third kappa shape index (κ3) is 7.03. The average Bonchev–Trinajstić information content (AvgIpc) is 2.69. The van der Waals surface area contributed by atoms with Gasteiger partial charge >= 0.3 is 0 Å². The number of rotatable bonds is 8. The van der Waals surface area contributed by atoms with Crippen molar-refractivity contribution in [2.24, 2.45) is 0 Å². The minimum absolute atomic E-state index is 0.0826. The predicted molar refractivity (Wildman–Crippen MR) is 121 cm³/mol. The Morgan fingerprint density at radius 3 is 2.55 bits per heavy atom. The maximum Gasteiger partial charge on any atom is 0.261 e. The lowest BCUT2D eigenvalue weighted by molar-refractivity contribution is -0.116. The molecule has 0 radical (unpaired) electrons. The summed E-state index contributed by atoms with van der Waals surface area (Å²) in [4.78, 5) is 24.4. The first-order valence-electron chi connectivity index (χ1n) is 9.38. The minimum Gasteiger partial charge on any atom is -0.493 e. The molecule has 0 aliphatic carbocycles. The lowest BCUT2D eigenvalue weighted by Crippen LogP contribution is -2.34. The fourth-order valence-corrected chi connectivity index (χ4v) is 2.83. The number of para-hydroxylation sites is 1. The SMILES string of the molecule is CCCOc1ccccc1C(=O)NC(=S)Nc1cc(NC(=O)CCC)ccc1Cl. The molecule has 0 aliphatic heterocycles. The summed E-state index contributed by atoms with van der Waals surface area (Å²) < 4.78 is 5.61. The molecule has 0 saturated carbocycles. The second kappa shape index (κ2) is 11.4. The smallest absolute Gasteiger partial charge is 0.261 e. The Morgan fingerprint density at radius 1 is 1.07 bits per heavy atom. The fourth-order valence-electron chi connectivity index (χ4n) is 2.47. The van der Waals surface area contributed by atoms with Gasteiger partial charge in [-0.2, -0.15) is 0 Å². The van der Waals surface area contributed by atoms with Gasteiger partial charge in [0.05, 0.1) is 22.9 Å². The van der Waals surface area contributed by atoms with Crippen molar-refractivity contribution < 1.29 is 14.3 Å². The number of hydrogen-bond acceptors (Lipinski definition) is 4. The third-order valence-electron chi connectivity index (χ3n) is 3.80. The summed E-state index contributed by atoms with van der Waals surface area (Å²) in [5, 5.41) is 8.80. The molecule has 0 aliphatic rings. The number of ether oxygens (including phenoxy) is 1. The molecule has 6 nitrogen and oxygen atoms in total. The normalized spacial score (nSPS) is 10.2. The van der Waals surface area contributed by atoms with Gasteiger partial charge in [0.25, 0.3) is 5.91 Å². The number of carbonyl (C=O) groups excluding carboxylic acids is 2. The summed E-state index contributed by atoms with van der Waals surface area (Å²) in [5.74, 6) is 0.0198. The van der Waals surface area contributed by atoms with Gasteiger partial charge in [0.15, 0.2) is 5.11 Å². The first-order valence-corrected chi connectivity index (χ1v) is 10.2. The van der Waals surface area contributed by atoms with Crippen LogP contribution in [-0.4, -0.2) is 23.5 Å². The van der Waals surface area contributed by atoms with Crippen molar-refractivity contribution in [3.8, 4) is 5.75 Å². The predicted octanol–water partition coefficient (Wildman–Crippen LogP) is 4.99. The summed E-state index contributed by atoms with van der Waals surface area (Å²) in [6, 6.07) is 12.0. The van der Waals surface area contributed by atoms with E-state index in [1.54, 1.807) is 42.5 Å². The quantitative estimate of drug-likeness (QED) is 0.511. The monoisotopic (exact) mass is 433 g/mol. The maximum absolute atomic E-state index is 12.6. The lowest BCUT2D eigenvalue weighted by atomic mass is 10.2. The lowest BCUT2D eigenvalue weighted by Gasteiger charge is -2.14. The summed E-state index contributed by atoms with van der Waals surface area (Å²) in [6.45, 7) is 4.43. The van der Waals surface area contributed by atoms with E-state index >= 15 is 0 Å². The molecule has 0 heterocycles. The summed E-state index contributed by atoms with van der Waals surface area (Å²) in [7, 11) is 0. The van der Waals surface area contributed by atoms with E-state index in [0.29, 0.717) is 40.7 Å². The topological polar surface area (TPSA) is 79.5 Å².